The van der Waals surface area contributed by atoms with Gasteiger partial charge in [0.05, 0.1) is 6.61 Å². The third-order valence-corrected chi connectivity index (χ3v) is 4.60. The third-order valence-electron chi connectivity index (χ3n) is 4.60. The number of hydrogen-bond donors (Lipinski definition) is 1. The van der Waals surface area contributed by atoms with Gasteiger partial charge in [0.2, 0.25) is 0 Å². The highest BCUT2D eigenvalue weighted by molar-refractivity contribution is 4.87. The van der Waals surface area contributed by atoms with Crippen LogP contribution in [0.4, 0.5) is 0 Å². The van der Waals surface area contributed by atoms with Crippen LogP contribution in [0.25, 0.3) is 0 Å². The maximum atomic E-state index is 5.53. The SMILES string of the molecule is CCCNCC1(CN(CC)CCOCC)CCCCC1. The van der Waals surface area contributed by atoms with E-state index in [9.17, 15) is 0 Å². The zero-order chi connectivity index (χ0) is 14.7. The van der Waals surface area contributed by atoms with Crippen molar-refractivity contribution < 1.29 is 4.74 Å². The van der Waals surface area contributed by atoms with Crippen LogP contribution >= 0.6 is 0 Å². The van der Waals surface area contributed by atoms with Crippen LogP contribution in [0.1, 0.15) is 59.3 Å². The van der Waals surface area contributed by atoms with Gasteiger partial charge in [-0.3, -0.25) is 0 Å². The van der Waals surface area contributed by atoms with E-state index >= 15 is 0 Å². The summed E-state index contributed by atoms with van der Waals surface area (Å²) in [6.07, 6.45) is 8.29. The number of rotatable bonds is 11. The van der Waals surface area contributed by atoms with Crippen molar-refractivity contribution in [1.82, 2.24) is 10.2 Å². The minimum absolute atomic E-state index is 0.510. The molecular formula is C17H36N2O. The number of ether oxygens (including phenoxy) is 1. The Balaban J connectivity index is 2.47. The molecule has 1 fully saturated rings. The highest BCUT2D eigenvalue weighted by Crippen LogP contribution is 2.36. The van der Waals surface area contributed by atoms with Crippen molar-refractivity contribution in [2.75, 3.05) is 45.9 Å². The van der Waals surface area contributed by atoms with Gasteiger partial charge in [0.1, 0.15) is 0 Å². The van der Waals surface area contributed by atoms with Crippen molar-refractivity contribution in [3.8, 4) is 0 Å². The molecule has 0 amide bonds. The lowest BCUT2D eigenvalue weighted by Crippen LogP contribution is -2.46. The van der Waals surface area contributed by atoms with E-state index in [0.717, 1.165) is 32.8 Å². The molecule has 0 heterocycles. The predicted molar refractivity (Wildman–Crippen MR) is 87.3 cm³/mol. The average Bonchev–Trinajstić information content (AvgIpc) is 2.48. The van der Waals surface area contributed by atoms with E-state index in [-0.39, 0.29) is 0 Å². The van der Waals surface area contributed by atoms with Crippen LogP contribution < -0.4 is 5.32 Å². The van der Waals surface area contributed by atoms with E-state index in [1.165, 1.54) is 51.6 Å². The molecular weight excluding hydrogens is 248 g/mol. The van der Waals surface area contributed by atoms with Gasteiger partial charge in [-0.25, -0.2) is 0 Å². The Labute approximate surface area is 126 Å². The van der Waals surface area contributed by atoms with E-state index in [1.807, 2.05) is 0 Å². The number of nitrogens with zero attached hydrogens (tertiary/aromatic N) is 1. The second-order valence-electron chi connectivity index (χ2n) is 6.30. The second kappa shape index (κ2) is 10.6. The molecule has 1 N–H and O–H groups in total. The first-order valence-corrected chi connectivity index (χ1v) is 8.77. The van der Waals surface area contributed by atoms with Gasteiger partial charge < -0.3 is 15.0 Å². The Kier molecular flexibility index (Phi) is 9.49. The van der Waals surface area contributed by atoms with Crippen LogP contribution in [-0.4, -0.2) is 50.8 Å². The summed E-state index contributed by atoms with van der Waals surface area (Å²) in [7, 11) is 0. The summed E-state index contributed by atoms with van der Waals surface area (Å²) in [5.41, 5.74) is 0.510. The molecule has 1 aliphatic carbocycles. The normalized spacial score (nSPS) is 18.6. The molecule has 0 aliphatic heterocycles. The maximum absolute atomic E-state index is 5.53. The largest absolute Gasteiger partial charge is 0.380 e. The molecule has 0 atom stereocenters. The van der Waals surface area contributed by atoms with Crippen LogP contribution in [0.3, 0.4) is 0 Å². The average molecular weight is 284 g/mol. The second-order valence-corrected chi connectivity index (χ2v) is 6.30. The Morgan fingerprint density at radius 3 is 2.45 bits per heavy atom. The van der Waals surface area contributed by atoms with Crippen LogP contribution in [0.15, 0.2) is 0 Å². The van der Waals surface area contributed by atoms with Gasteiger partial charge in [-0.15, -0.1) is 0 Å². The molecule has 1 aliphatic rings. The number of nitrogens with one attached hydrogen (secondary N) is 1. The molecule has 0 radical (unpaired) electrons. The lowest BCUT2D eigenvalue weighted by molar-refractivity contribution is 0.0707. The molecule has 120 valence electrons. The standard InChI is InChI=1S/C17H36N2O/c1-4-12-18-15-17(10-8-7-9-11-17)16-19(5-2)13-14-20-6-3/h18H,4-16H2,1-3H3. The van der Waals surface area contributed by atoms with Gasteiger partial charge in [-0.05, 0) is 44.7 Å². The number of hydrogen-bond acceptors (Lipinski definition) is 3. The molecule has 20 heavy (non-hydrogen) atoms. The molecule has 1 saturated carbocycles. The van der Waals surface area contributed by atoms with Crippen molar-refractivity contribution in [2.45, 2.75) is 59.3 Å². The van der Waals surface area contributed by atoms with Crippen molar-refractivity contribution >= 4 is 0 Å². The quantitative estimate of drug-likeness (QED) is 0.589. The molecule has 0 aromatic carbocycles. The van der Waals surface area contributed by atoms with Crippen LogP contribution in [0.5, 0.6) is 0 Å². The Morgan fingerprint density at radius 1 is 1.10 bits per heavy atom. The van der Waals surface area contributed by atoms with Crippen molar-refractivity contribution in [2.24, 2.45) is 5.41 Å². The van der Waals surface area contributed by atoms with Crippen molar-refractivity contribution in [3.05, 3.63) is 0 Å². The third kappa shape index (κ3) is 6.55. The minimum Gasteiger partial charge on any atom is -0.380 e. The molecule has 3 heteroatoms. The van der Waals surface area contributed by atoms with E-state index in [0.29, 0.717) is 5.41 Å². The monoisotopic (exact) mass is 284 g/mol. The summed E-state index contributed by atoms with van der Waals surface area (Å²) in [6, 6.07) is 0. The maximum Gasteiger partial charge on any atom is 0.0593 e. The minimum atomic E-state index is 0.510. The zero-order valence-corrected chi connectivity index (χ0v) is 14.0. The van der Waals surface area contributed by atoms with E-state index < -0.39 is 0 Å². The first-order valence-electron chi connectivity index (χ1n) is 8.77. The fourth-order valence-electron chi connectivity index (χ4n) is 3.38. The van der Waals surface area contributed by atoms with Crippen LogP contribution in [0, 0.1) is 5.41 Å². The molecule has 3 nitrogen and oxygen atoms in total. The Hall–Kier alpha value is -0.120. The van der Waals surface area contributed by atoms with Gasteiger partial charge in [0.15, 0.2) is 0 Å². The Bertz CT molecular complexity index is 227. The van der Waals surface area contributed by atoms with E-state index in [4.69, 9.17) is 4.74 Å². The highest BCUT2D eigenvalue weighted by atomic mass is 16.5. The summed E-state index contributed by atoms with van der Waals surface area (Å²) >= 11 is 0. The number of likely N-dealkylation sites (N-methyl/N-ethyl adjacent to an activating group) is 1. The van der Waals surface area contributed by atoms with Gasteiger partial charge in [-0.1, -0.05) is 33.1 Å². The van der Waals surface area contributed by atoms with E-state index in [2.05, 4.69) is 31.0 Å². The molecule has 0 unspecified atom stereocenters. The lowest BCUT2D eigenvalue weighted by atomic mass is 9.73. The molecule has 1 rings (SSSR count). The smallest absolute Gasteiger partial charge is 0.0593 e. The van der Waals surface area contributed by atoms with Gasteiger partial charge >= 0.3 is 0 Å². The van der Waals surface area contributed by atoms with Gasteiger partial charge in [-0.2, -0.15) is 0 Å². The first kappa shape index (κ1) is 17.9. The van der Waals surface area contributed by atoms with E-state index in [1.54, 1.807) is 0 Å². The molecule has 0 aromatic heterocycles. The molecule has 0 spiro atoms. The highest BCUT2D eigenvalue weighted by Gasteiger charge is 2.33. The van der Waals surface area contributed by atoms with Crippen LogP contribution in [0.2, 0.25) is 0 Å². The van der Waals surface area contributed by atoms with Crippen molar-refractivity contribution in [1.29, 1.82) is 0 Å². The predicted octanol–water partition coefficient (Wildman–Crippen LogP) is 3.29. The zero-order valence-electron chi connectivity index (χ0n) is 14.0. The summed E-state index contributed by atoms with van der Waals surface area (Å²) in [5, 5.41) is 3.68. The summed E-state index contributed by atoms with van der Waals surface area (Å²) in [4.78, 5) is 2.59. The fourth-order valence-corrected chi connectivity index (χ4v) is 3.38. The Morgan fingerprint density at radius 2 is 1.85 bits per heavy atom. The summed E-state index contributed by atoms with van der Waals surface area (Å²) in [5.74, 6) is 0. The lowest BCUT2D eigenvalue weighted by Gasteiger charge is -2.41. The fraction of sp³-hybridized carbons (Fsp3) is 1.00. The summed E-state index contributed by atoms with van der Waals surface area (Å²) in [6.45, 7) is 14.1. The van der Waals surface area contributed by atoms with Crippen LogP contribution in [-0.2, 0) is 4.74 Å². The molecule has 0 aromatic rings. The molecule has 0 bridgehead atoms. The van der Waals surface area contributed by atoms with Gasteiger partial charge in [0, 0.05) is 26.2 Å². The van der Waals surface area contributed by atoms with Gasteiger partial charge in [0.25, 0.3) is 0 Å². The van der Waals surface area contributed by atoms with Crippen molar-refractivity contribution in [3.63, 3.8) is 0 Å². The topological polar surface area (TPSA) is 24.5 Å². The first-order chi connectivity index (χ1) is 9.76. The molecule has 0 saturated heterocycles. The summed E-state index contributed by atoms with van der Waals surface area (Å²) < 4.78 is 5.53.